The van der Waals surface area contributed by atoms with E-state index >= 15 is 0 Å². The molecule has 1 unspecified atom stereocenters. The third kappa shape index (κ3) is 4.53. The van der Waals surface area contributed by atoms with Crippen molar-refractivity contribution in [3.05, 3.63) is 120 Å². The molecule has 3 heterocycles. The Morgan fingerprint density at radius 3 is 2.59 bits per heavy atom. The van der Waals surface area contributed by atoms with Crippen molar-refractivity contribution >= 4 is 40.7 Å². The molecule has 0 radical (unpaired) electrons. The van der Waals surface area contributed by atoms with Gasteiger partial charge < -0.3 is 14.2 Å². The molecule has 1 aromatic heterocycles. The van der Waals surface area contributed by atoms with Gasteiger partial charge in [-0.25, -0.2) is 14.2 Å². The Kier molecular flexibility index (Phi) is 6.54. The van der Waals surface area contributed by atoms with Crippen molar-refractivity contribution in [3.63, 3.8) is 0 Å². The Labute approximate surface area is 230 Å². The van der Waals surface area contributed by atoms with Crippen LogP contribution in [0.25, 0.3) is 11.8 Å². The molecular weight excluding hydrogens is 543 g/mol. The smallest absolute Gasteiger partial charge is 0.338 e. The summed E-state index contributed by atoms with van der Waals surface area (Å²) < 4.78 is 32.0. The van der Waals surface area contributed by atoms with Crippen molar-refractivity contribution < 1.29 is 23.4 Å². The second-order valence-electron chi connectivity index (χ2n) is 8.71. The van der Waals surface area contributed by atoms with Gasteiger partial charge in [0.2, 0.25) is 6.79 Å². The first-order valence-electron chi connectivity index (χ1n) is 12.1. The minimum atomic E-state index is -0.898. The van der Waals surface area contributed by atoms with Gasteiger partial charge in [-0.3, -0.25) is 9.36 Å². The zero-order chi connectivity index (χ0) is 27.1. The third-order valence-electron chi connectivity index (χ3n) is 6.34. The second kappa shape index (κ2) is 10.2. The maximum Gasteiger partial charge on any atom is 0.338 e. The first-order valence-corrected chi connectivity index (χ1v) is 13.3. The first-order chi connectivity index (χ1) is 18.9. The molecule has 3 aromatic carbocycles. The Balaban J connectivity index is 1.63. The van der Waals surface area contributed by atoms with Crippen molar-refractivity contribution in [2.75, 3.05) is 13.4 Å². The molecular formula is C29H20ClFN2O5S. The Morgan fingerprint density at radius 1 is 1.15 bits per heavy atom. The van der Waals surface area contributed by atoms with E-state index in [1.165, 1.54) is 16.7 Å². The maximum absolute atomic E-state index is 13.9. The summed E-state index contributed by atoms with van der Waals surface area (Å²) in [4.78, 5) is 32.5. The zero-order valence-corrected chi connectivity index (χ0v) is 22.1. The summed E-state index contributed by atoms with van der Waals surface area (Å²) in [6.45, 7) is 1.93. The van der Waals surface area contributed by atoms with Gasteiger partial charge in [0, 0.05) is 11.6 Å². The molecule has 0 spiro atoms. The molecule has 0 aliphatic carbocycles. The normalized spacial score (nSPS) is 16.2. The number of carbonyl (C=O) groups excluding carboxylic acids is 1. The topological polar surface area (TPSA) is 79.1 Å². The van der Waals surface area contributed by atoms with E-state index in [9.17, 15) is 14.0 Å². The van der Waals surface area contributed by atoms with E-state index in [-0.39, 0.29) is 24.5 Å². The average molecular weight is 563 g/mol. The Hall–Kier alpha value is -4.21. The van der Waals surface area contributed by atoms with Crippen molar-refractivity contribution in [2.45, 2.75) is 13.0 Å². The Bertz CT molecular complexity index is 1810. The minimum absolute atomic E-state index is 0.0911. The summed E-state index contributed by atoms with van der Waals surface area (Å²) in [5, 5.41) is 0.386. The van der Waals surface area contributed by atoms with Crippen LogP contribution >= 0.6 is 22.9 Å². The highest BCUT2D eigenvalue weighted by molar-refractivity contribution is 7.07. The van der Waals surface area contributed by atoms with E-state index in [2.05, 4.69) is 0 Å². The predicted molar refractivity (Wildman–Crippen MR) is 145 cm³/mol. The van der Waals surface area contributed by atoms with Gasteiger partial charge in [0.1, 0.15) is 5.82 Å². The van der Waals surface area contributed by atoms with Gasteiger partial charge in [-0.05, 0) is 42.3 Å². The van der Waals surface area contributed by atoms with Crippen LogP contribution in [0.1, 0.15) is 29.7 Å². The minimum Gasteiger partial charge on any atom is -0.463 e. The molecule has 196 valence electrons. The SMILES string of the molecule is CCOC(=O)C1=C(c2ccccc2)N=c2s/c(=C\c3cc4c(cc3Cl)OCO4)c(=O)n2C1c1ccc(F)cc1. The van der Waals surface area contributed by atoms with Gasteiger partial charge in [-0.2, -0.15) is 0 Å². The summed E-state index contributed by atoms with van der Waals surface area (Å²) in [6, 6.07) is 17.3. The number of rotatable bonds is 5. The van der Waals surface area contributed by atoms with Crippen LogP contribution in [0, 0.1) is 5.82 Å². The fourth-order valence-electron chi connectivity index (χ4n) is 4.59. The molecule has 0 amide bonds. The lowest BCUT2D eigenvalue weighted by Gasteiger charge is -2.25. The molecule has 0 bridgehead atoms. The molecule has 39 heavy (non-hydrogen) atoms. The number of hydrogen-bond acceptors (Lipinski definition) is 7. The number of esters is 1. The highest BCUT2D eigenvalue weighted by Gasteiger charge is 2.35. The number of fused-ring (bicyclic) bond motifs is 2. The van der Waals surface area contributed by atoms with Gasteiger partial charge in [0.05, 0.1) is 33.5 Å². The molecule has 4 aromatic rings. The number of aromatic nitrogens is 1. The summed E-state index contributed by atoms with van der Waals surface area (Å²) >= 11 is 7.64. The monoisotopic (exact) mass is 562 g/mol. The van der Waals surface area contributed by atoms with Crippen molar-refractivity contribution in [1.29, 1.82) is 0 Å². The van der Waals surface area contributed by atoms with Crippen LogP contribution in [0.2, 0.25) is 5.02 Å². The standard InChI is InChI=1S/C29H20ClFN2O5S/c1-2-36-28(35)24-25(16-6-4-3-5-7-16)32-29-33(26(24)17-8-10-19(31)11-9-17)27(34)23(39-29)13-18-12-21-22(14-20(18)30)38-15-37-21/h3-14,26H,2,15H2,1H3/b23-13-. The van der Waals surface area contributed by atoms with Crippen LogP contribution in [0.15, 0.2) is 82.1 Å². The molecule has 0 saturated heterocycles. The maximum atomic E-state index is 13.9. The van der Waals surface area contributed by atoms with Gasteiger partial charge in [-0.1, -0.05) is 65.4 Å². The van der Waals surface area contributed by atoms with E-state index in [4.69, 9.17) is 30.8 Å². The van der Waals surface area contributed by atoms with Crippen LogP contribution in [-0.2, 0) is 9.53 Å². The Morgan fingerprint density at radius 2 is 1.87 bits per heavy atom. The van der Waals surface area contributed by atoms with Crippen LogP contribution in [-0.4, -0.2) is 23.9 Å². The highest BCUT2D eigenvalue weighted by atomic mass is 35.5. The summed E-state index contributed by atoms with van der Waals surface area (Å²) in [7, 11) is 0. The molecule has 2 aliphatic heterocycles. The summed E-state index contributed by atoms with van der Waals surface area (Å²) in [5.74, 6) is 0.0103. The summed E-state index contributed by atoms with van der Waals surface area (Å²) in [6.07, 6.45) is 1.66. The highest BCUT2D eigenvalue weighted by Crippen LogP contribution is 2.37. The second-order valence-corrected chi connectivity index (χ2v) is 10.1. The zero-order valence-electron chi connectivity index (χ0n) is 20.5. The van der Waals surface area contributed by atoms with Crippen molar-refractivity contribution in [1.82, 2.24) is 4.57 Å². The van der Waals surface area contributed by atoms with Gasteiger partial charge in [0.15, 0.2) is 16.3 Å². The fraction of sp³-hybridized carbons (Fsp3) is 0.138. The third-order valence-corrected chi connectivity index (χ3v) is 7.65. The van der Waals surface area contributed by atoms with Crippen LogP contribution in [0.3, 0.4) is 0 Å². The van der Waals surface area contributed by atoms with Crippen molar-refractivity contribution in [3.8, 4) is 11.5 Å². The molecule has 6 rings (SSSR count). The lowest BCUT2D eigenvalue weighted by atomic mass is 9.93. The van der Waals surface area contributed by atoms with Crippen LogP contribution < -0.4 is 24.4 Å². The molecule has 0 fully saturated rings. The molecule has 7 nitrogen and oxygen atoms in total. The van der Waals surface area contributed by atoms with Gasteiger partial charge >= 0.3 is 5.97 Å². The molecule has 0 N–H and O–H groups in total. The van der Waals surface area contributed by atoms with E-state index in [0.29, 0.717) is 48.2 Å². The molecule has 2 aliphatic rings. The van der Waals surface area contributed by atoms with Crippen molar-refractivity contribution in [2.24, 2.45) is 4.99 Å². The molecule has 10 heteroatoms. The number of thiazole rings is 1. The summed E-state index contributed by atoms with van der Waals surface area (Å²) in [5.41, 5.74) is 1.99. The van der Waals surface area contributed by atoms with E-state index in [0.717, 1.165) is 11.3 Å². The lowest BCUT2D eigenvalue weighted by molar-refractivity contribution is -0.138. The first kappa shape index (κ1) is 25.1. The van der Waals surface area contributed by atoms with Gasteiger partial charge in [-0.15, -0.1) is 0 Å². The fourth-order valence-corrected chi connectivity index (χ4v) is 5.79. The van der Waals surface area contributed by atoms with Crippen LogP contribution in [0.5, 0.6) is 11.5 Å². The average Bonchev–Trinajstić information content (AvgIpc) is 3.52. The number of hydrogen-bond donors (Lipinski definition) is 0. The predicted octanol–water partition coefficient (Wildman–Crippen LogP) is 4.46. The van der Waals surface area contributed by atoms with Crippen LogP contribution in [0.4, 0.5) is 4.39 Å². The van der Waals surface area contributed by atoms with E-state index in [1.807, 2.05) is 30.3 Å². The largest absolute Gasteiger partial charge is 0.463 e. The lowest BCUT2D eigenvalue weighted by Crippen LogP contribution is -2.40. The molecule has 1 atom stereocenters. The van der Waals surface area contributed by atoms with E-state index in [1.54, 1.807) is 37.3 Å². The number of ether oxygens (including phenoxy) is 3. The molecule has 0 saturated carbocycles. The quantitative estimate of drug-likeness (QED) is 0.336. The van der Waals surface area contributed by atoms with E-state index < -0.39 is 17.8 Å². The van der Waals surface area contributed by atoms with Gasteiger partial charge in [0.25, 0.3) is 5.56 Å². The number of halogens is 2. The number of benzene rings is 3. The number of carbonyl (C=O) groups is 1. The number of nitrogens with zero attached hydrogens (tertiary/aromatic N) is 2.